The number of likely N-dealkylation sites (tertiary alicyclic amines) is 2. The molecule has 0 aliphatic carbocycles. The number of piperidine rings is 2. The summed E-state index contributed by atoms with van der Waals surface area (Å²) in [5.41, 5.74) is -1.47. The van der Waals surface area contributed by atoms with Gasteiger partial charge in [-0.25, -0.2) is 0 Å². The summed E-state index contributed by atoms with van der Waals surface area (Å²) in [6, 6.07) is 8.68. The number of nitrogens with zero attached hydrogens (tertiary/aromatic N) is 3. The third kappa shape index (κ3) is 7.98. The van der Waals surface area contributed by atoms with Gasteiger partial charge < -0.3 is 19.8 Å². The highest BCUT2D eigenvalue weighted by Gasteiger charge is 2.41. The molecule has 2 saturated heterocycles. The van der Waals surface area contributed by atoms with Gasteiger partial charge in [0.1, 0.15) is 6.10 Å². The molecule has 13 heteroatoms. The van der Waals surface area contributed by atoms with Crippen LogP contribution in [0.25, 0.3) is 0 Å². The van der Waals surface area contributed by atoms with Gasteiger partial charge in [-0.1, -0.05) is 24.3 Å². The van der Waals surface area contributed by atoms with E-state index in [-0.39, 0.29) is 48.9 Å². The van der Waals surface area contributed by atoms with Crippen LogP contribution in [0.4, 0.5) is 26.3 Å². The van der Waals surface area contributed by atoms with E-state index < -0.39 is 53.9 Å². The molecular formula is C32H37F6N3O4. The summed E-state index contributed by atoms with van der Waals surface area (Å²) in [5.74, 6) is -2.38. The van der Waals surface area contributed by atoms with Crippen molar-refractivity contribution in [2.75, 3.05) is 33.2 Å². The van der Waals surface area contributed by atoms with Crippen LogP contribution >= 0.6 is 0 Å². The Morgan fingerprint density at radius 1 is 0.911 bits per heavy atom. The molecule has 1 N–H and O–H groups in total. The van der Waals surface area contributed by atoms with Crippen molar-refractivity contribution in [1.82, 2.24) is 14.7 Å². The largest absolute Gasteiger partial charge is 0.416 e. The van der Waals surface area contributed by atoms with Crippen LogP contribution in [-0.2, 0) is 33.3 Å². The van der Waals surface area contributed by atoms with Gasteiger partial charge in [0.25, 0.3) is 5.91 Å². The zero-order chi connectivity index (χ0) is 33.3. The number of rotatable bonds is 6. The minimum absolute atomic E-state index is 0.0567. The fourth-order valence-corrected chi connectivity index (χ4v) is 6.38. The van der Waals surface area contributed by atoms with Crippen LogP contribution in [-0.4, -0.2) is 76.9 Å². The molecule has 0 spiro atoms. The Balaban J connectivity index is 1.53. The summed E-state index contributed by atoms with van der Waals surface area (Å²) < 4.78 is 80.5. The molecule has 45 heavy (non-hydrogen) atoms. The maximum atomic E-state index is 13.8. The van der Waals surface area contributed by atoms with Crippen LogP contribution in [0.2, 0.25) is 0 Å². The molecule has 2 heterocycles. The summed E-state index contributed by atoms with van der Waals surface area (Å²) in [4.78, 5) is 43.9. The van der Waals surface area contributed by atoms with Crippen molar-refractivity contribution in [2.45, 2.75) is 64.0 Å². The van der Waals surface area contributed by atoms with Crippen LogP contribution in [0.3, 0.4) is 0 Å². The zero-order valence-corrected chi connectivity index (χ0v) is 25.3. The Hall–Kier alpha value is -3.61. The molecule has 0 radical (unpaired) electrons. The number of hydrogen-bond acceptors (Lipinski definition) is 4. The number of amides is 3. The van der Waals surface area contributed by atoms with Crippen LogP contribution in [0.15, 0.2) is 42.5 Å². The molecule has 0 bridgehead atoms. The molecule has 3 amide bonds. The van der Waals surface area contributed by atoms with E-state index >= 15 is 0 Å². The van der Waals surface area contributed by atoms with Crippen molar-refractivity contribution in [3.05, 3.63) is 70.3 Å². The van der Waals surface area contributed by atoms with E-state index in [4.69, 9.17) is 0 Å². The molecule has 2 fully saturated rings. The Morgan fingerprint density at radius 2 is 1.47 bits per heavy atom. The highest BCUT2D eigenvalue weighted by Crippen LogP contribution is 2.39. The normalized spacial score (nSPS) is 20.6. The monoisotopic (exact) mass is 641 g/mol. The van der Waals surface area contributed by atoms with Crippen molar-refractivity contribution in [3.63, 3.8) is 0 Å². The number of carbonyl (C=O) groups excluding carboxylic acids is 3. The molecule has 2 aromatic carbocycles. The second-order valence-corrected chi connectivity index (χ2v) is 12.0. The number of aliphatic hydroxyl groups excluding tert-OH is 1. The standard InChI is InChI=1S/C32H37F6N3O4/c1-19-6-4-5-7-25(19)27-18-41(29(44)22-8-11-40(12-9-22)28(43)20(2)42)13-10-26(27)30(45)39(3)17-21-14-23(31(33,34)35)16-24(15-21)32(36,37)38/h4-7,14-16,20,22,26-27,42H,8-13,17-18H2,1-3H3/t20?,26-,27+/m1/s1. The van der Waals surface area contributed by atoms with Gasteiger partial charge in [-0.3, -0.25) is 14.4 Å². The van der Waals surface area contributed by atoms with Crippen LogP contribution in [0.1, 0.15) is 59.9 Å². The van der Waals surface area contributed by atoms with Gasteiger partial charge in [0.05, 0.1) is 11.1 Å². The first-order valence-electron chi connectivity index (χ1n) is 14.8. The van der Waals surface area contributed by atoms with Crippen LogP contribution < -0.4 is 0 Å². The number of carbonyl (C=O) groups is 3. The number of alkyl halides is 6. The summed E-state index contributed by atoms with van der Waals surface area (Å²) in [5, 5.41) is 9.60. The fraction of sp³-hybridized carbons (Fsp3) is 0.531. The van der Waals surface area contributed by atoms with E-state index in [1.807, 2.05) is 31.2 Å². The first-order valence-corrected chi connectivity index (χ1v) is 14.8. The SMILES string of the molecule is Cc1ccccc1[C@@H]1CN(C(=O)C2CCN(C(=O)C(C)O)CC2)CC[C@H]1C(=O)N(C)Cc1cc(C(F)(F)F)cc(C(F)(F)F)c1. The predicted molar refractivity (Wildman–Crippen MR) is 153 cm³/mol. The Labute approximate surface area is 257 Å². The van der Waals surface area contributed by atoms with Crippen molar-refractivity contribution < 1.29 is 45.8 Å². The molecule has 0 saturated carbocycles. The summed E-state index contributed by atoms with van der Waals surface area (Å²) in [7, 11) is 1.35. The number of benzene rings is 2. The molecule has 4 rings (SSSR count). The lowest BCUT2D eigenvalue weighted by molar-refractivity contribution is -0.147. The van der Waals surface area contributed by atoms with Crippen LogP contribution in [0, 0.1) is 18.8 Å². The van der Waals surface area contributed by atoms with Crippen molar-refractivity contribution in [3.8, 4) is 0 Å². The lowest BCUT2D eigenvalue weighted by Gasteiger charge is -2.42. The highest BCUT2D eigenvalue weighted by molar-refractivity contribution is 5.83. The molecular weight excluding hydrogens is 604 g/mol. The first kappa shape index (κ1) is 34.3. The Kier molecular flexibility index (Phi) is 10.2. The number of hydrogen-bond donors (Lipinski definition) is 1. The van der Waals surface area contributed by atoms with E-state index in [0.717, 1.165) is 16.0 Å². The van der Waals surface area contributed by atoms with Gasteiger partial charge >= 0.3 is 12.4 Å². The topological polar surface area (TPSA) is 81.2 Å². The van der Waals surface area contributed by atoms with E-state index in [0.29, 0.717) is 38.1 Å². The second-order valence-electron chi connectivity index (χ2n) is 12.0. The van der Waals surface area contributed by atoms with Gasteiger partial charge in [-0.2, -0.15) is 26.3 Å². The molecule has 7 nitrogen and oxygen atoms in total. The number of aryl methyl sites for hydroxylation is 1. The second kappa shape index (κ2) is 13.4. The maximum absolute atomic E-state index is 13.8. The van der Waals surface area contributed by atoms with Gasteiger partial charge in [0.15, 0.2) is 0 Å². The third-order valence-electron chi connectivity index (χ3n) is 8.79. The minimum atomic E-state index is -5.00. The average Bonchev–Trinajstić information content (AvgIpc) is 2.99. The van der Waals surface area contributed by atoms with Crippen molar-refractivity contribution in [1.29, 1.82) is 0 Å². The molecule has 3 atom stereocenters. The minimum Gasteiger partial charge on any atom is -0.384 e. The van der Waals surface area contributed by atoms with Crippen LogP contribution in [0.5, 0.6) is 0 Å². The van der Waals surface area contributed by atoms with Gasteiger partial charge in [0, 0.05) is 57.5 Å². The quantitative estimate of drug-likeness (QED) is 0.438. The summed E-state index contributed by atoms with van der Waals surface area (Å²) in [6.07, 6.45) is -10.0. The lowest BCUT2D eigenvalue weighted by atomic mass is 9.77. The Morgan fingerprint density at radius 3 is 2.00 bits per heavy atom. The number of aliphatic hydroxyl groups is 1. The summed E-state index contributed by atoms with van der Waals surface area (Å²) >= 11 is 0. The third-order valence-corrected chi connectivity index (χ3v) is 8.79. The van der Waals surface area contributed by atoms with Gasteiger partial charge in [0.2, 0.25) is 11.8 Å². The molecule has 1 unspecified atom stereocenters. The fourth-order valence-electron chi connectivity index (χ4n) is 6.38. The predicted octanol–water partition coefficient (Wildman–Crippen LogP) is 5.24. The van der Waals surface area contributed by atoms with Crippen molar-refractivity contribution in [2.24, 2.45) is 11.8 Å². The van der Waals surface area contributed by atoms with E-state index in [2.05, 4.69) is 0 Å². The molecule has 2 aromatic rings. The Bertz CT molecular complexity index is 1370. The zero-order valence-electron chi connectivity index (χ0n) is 25.3. The van der Waals surface area contributed by atoms with E-state index in [1.165, 1.54) is 18.9 Å². The first-order chi connectivity index (χ1) is 21.0. The maximum Gasteiger partial charge on any atom is 0.416 e. The molecule has 2 aliphatic rings. The van der Waals surface area contributed by atoms with E-state index in [9.17, 15) is 45.8 Å². The van der Waals surface area contributed by atoms with Gasteiger partial charge in [-0.05, 0) is 68.0 Å². The molecule has 0 aromatic heterocycles. The molecule has 2 aliphatic heterocycles. The average molecular weight is 642 g/mol. The highest BCUT2D eigenvalue weighted by atomic mass is 19.4. The van der Waals surface area contributed by atoms with Crippen molar-refractivity contribution >= 4 is 17.7 Å². The number of halogens is 6. The molecule has 246 valence electrons. The summed E-state index contributed by atoms with van der Waals surface area (Å²) in [6.45, 7) is 3.95. The van der Waals surface area contributed by atoms with Gasteiger partial charge in [-0.15, -0.1) is 0 Å². The smallest absolute Gasteiger partial charge is 0.384 e. The lowest BCUT2D eigenvalue weighted by Crippen LogP contribution is -2.51. The van der Waals surface area contributed by atoms with E-state index in [1.54, 1.807) is 4.90 Å².